The summed E-state index contributed by atoms with van der Waals surface area (Å²) < 4.78 is 1.78. The summed E-state index contributed by atoms with van der Waals surface area (Å²) in [5.74, 6) is -0.225. The lowest BCUT2D eigenvalue weighted by Gasteiger charge is -2.22. The van der Waals surface area contributed by atoms with E-state index in [4.69, 9.17) is 5.11 Å². The van der Waals surface area contributed by atoms with Crippen LogP contribution in [0.5, 0.6) is 0 Å². The minimum atomic E-state index is -0.611. The number of aryl methyl sites for hydroxylation is 2. The van der Waals surface area contributed by atoms with E-state index in [2.05, 4.69) is 10.4 Å². The molecule has 5 nitrogen and oxygen atoms in total. The molecule has 0 aliphatic heterocycles. The molecule has 100 valence electrons. The first kappa shape index (κ1) is 14.4. The zero-order chi connectivity index (χ0) is 13.9. The highest BCUT2D eigenvalue weighted by Crippen LogP contribution is 2.13. The largest absolute Gasteiger partial charge is 0.394 e. The van der Waals surface area contributed by atoms with Gasteiger partial charge in [-0.2, -0.15) is 5.10 Å². The quantitative estimate of drug-likeness (QED) is 0.783. The molecule has 0 aromatic carbocycles. The third-order valence-corrected chi connectivity index (χ3v) is 2.82. The van der Waals surface area contributed by atoms with Crippen LogP contribution in [-0.4, -0.2) is 32.9 Å². The summed E-state index contributed by atoms with van der Waals surface area (Å²) in [6.45, 7) is 7.29. The Kier molecular flexibility index (Phi) is 4.29. The third kappa shape index (κ3) is 3.43. The lowest BCUT2D eigenvalue weighted by molar-refractivity contribution is -0.118. The summed E-state index contributed by atoms with van der Waals surface area (Å²) in [6.07, 6.45) is 3.22. The molecule has 0 unspecified atom stereocenters. The van der Waals surface area contributed by atoms with Gasteiger partial charge >= 0.3 is 0 Å². The van der Waals surface area contributed by atoms with E-state index in [0.717, 1.165) is 17.0 Å². The van der Waals surface area contributed by atoms with Crippen LogP contribution in [0, 0.1) is 13.8 Å². The molecule has 0 aliphatic rings. The van der Waals surface area contributed by atoms with E-state index in [9.17, 15) is 4.79 Å². The van der Waals surface area contributed by atoms with E-state index < -0.39 is 5.54 Å². The van der Waals surface area contributed by atoms with Crippen molar-refractivity contribution in [1.29, 1.82) is 0 Å². The molecular formula is C13H21N3O2. The van der Waals surface area contributed by atoms with Gasteiger partial charge in [0.2, 0.25) is 5.91 Å². The van der Waals surface area contributed by atoms with Gasteiger partial charge in [-0.25, -0.2) is 0 Å². The van der Waals surface area contributed by atoms with Crippen molar-refractivity contribution in [3.05, 3.63) is 23.0 Å². The predicted octanol–water partition coefficient (Wildman–Crippen LogP) is 0.937. The maximum Gasteiger partial charge on any atom is 0.244 e. The molecule has 18 heavy (non-hydrogen) atoms. The van der Waals surface area contributed by atoms with Gasteiger partial charge in [0.15, 0.2) is 0 Å². The zero-order valence-electron chi connectivity index (χ0n) is 11.6. The molecule has 5 heteroatoms. The smallest absolute Gasteiger partial charge is 0.244 e. The SMILES string of the molecule is Cc1nn(C)c(C)c1/C=C/C(=O)NC(C)(C)CO. The van der Waals surface area contributed by atoms with Crippen molar-refractivity contribution in [3.8, 4) is 0 Å². The van der Waals surface area contributed by atoms with E-state index in [-0.39, 0.29) is 12.5 Å². The molecule has 1 heterocycles. The molecule has 0 spiro atoms. The number of nitrogens with one attached hydrogen (secondary N) is 1. The van der Waals surface area contributed by atoms with E-state index in [1.807, 2.05) is 20.9 Å². The van der Waals surface area contributed by atoms with Crippen molar-refractivity contribution in [2.24, 2.45) is 7.05 Å². The van der Waals surface area contributed by atoms with E-state index in [0.29, 0.717) is 0 Å². The zero-order valence-corrected chi connectivity index (χ0v) is 11.6. The van der Waals surface area contributed by atoms with Crippen molar-refractivity contribution >= 4 is 12.0 Å². The molecule has 0 bridgehead atoms. The summed E-state index contributed by atoms with van der Waals surface area (Å²) in [5.41, 5.74) is 2.24. The number of hydrogen-bond donors (Lipinski definition) is 2. The van der Waals surface area contributed by atoms with Gasteiger partial charge in [0, 0.05) is 24.4 Å². The summed E-state index contributed by atoms with van der Waals surface area (Å²) in [5, 5.41) is 16.1. The molecule has 0 fully saturated rings. The first-order chi connectivity index (χ1) is 8.26. The standard InChI is InChI=1S/C13H21N3O2/c1-9-11(10(2)16(5)15-9)6-7-12(18)14-13(3,4)8-17/h6-7,17H,8H2,1-5H3,(H,14,18)/b7-6+. The summed E-state index contributed by atoms with van der Waals surface area (Å²) in [7, 11) is 1.87. The Hall–Kier alpha value is -1.62. The maximum atomic E-state index is 11.7. The van der Waals surface area contributed by atoms with Crippen molar-refractivity contribution in [1.82, 2.24) is 15.1 Å². The second-order valence-corrected chi connectivity index (χ2v) is 5.07. The van der Waals surface area contributed by atoms with Crippen LogP contribution in [0.2, 0.25) is 0 Å². The van der Waals surface area contributed by atoms with Crippen molar-refractivity contribution in [3.63, 3.8) is 0 Å². The van der Waals surface area contributed by atoms with Gasteiger partial charge in [-0.1, -0.05) is 0 Å². The normalized spacial score (nSPS) is 12.1. The van der Waals surface area contributed by atoms with Crippen LogP contribution in [0.25, 0.3) is 6.08 Å². The van der Waals surface area contributed by atoms with Gasteiger partial charge in [-0.05, 0) is 33.8 Å². The third-order valence-electron chi connectivity index (χ3n) is 2.82. The number of hydrogen-bond acceptors (Lipinski definition) is 3. The van der Waals surface area contributed by atoms with Crippen LogP contribution < -0.4 is 5.32 Å². The average molecular weight is 251 g/mol. The fourth-order valence-corrected chi connectivity index (χ4v) is 1.60. The van der Waals surface area contributed by atoms with Gasteiger partial charge in [0.1, 0.15) is 0 Å². The minimum Gasteiger partial charge on any atom is -0.394 e. The first-order valence-corrected chi connectivity index (χ1v) is 5.88. The Balaban J connectivity index is 2.78. The van der Waals surface area contributed by atoms with Gasteiger partial charge in [0.25, 0.3) is 0 Å². The Morgan fingerprint density at radius 3 is 2.56 bits per heavy atom. The van der Waals surface area contributed by atoms with Gasteiger partial charge in [0.05, 0.1) is 17.8 Å². The second-order valence-electron chi connectivity index (χ2n) is 5.07. The molecule has 1 aromatic rings. The highest BCUT2D eigenvalue weighted by molar-refractivity contribution is 5.92. The number of carbonyl (C=O) groups excluding carboxylic acids is 1. The Bertz CT molecular complexity index is 473. The number of amides is 1. The van der Waals surface area contributed by atoms with Crippen LogP contribution >= 0.6 is 0 Å². The Morgan fingerprint density at radius 2 is 2.11 bits per heavy atom. The lowest BCUT2D eigenvalue weighted by Crippen LogP contribution is -2.45. The number of aliphatic hydroxyl groups excluding tert-OH is 1. The number of rotatable bonds is 4. The monoisotopic (exact) mass is 251 g/mol. The predicted molar refractivity (Wildman–Crippen MR) is 71.0 cm³/mol. The number of aliphatic hydroxyl groups is 1. The molecule has 0 radical (unpaired) electrons. The topological polar surface area (TPSA) is 67.2 Å². The minimum absolute atomic E-state index is 0.0997. The van der Waals surface area contributed by atoms with E-state index >= 15 is 0 Å². The molecule has 1 rings (SSSR count). The maximum absolute atomic E-state index is 11.7. The molecule has 0 atom stereocenters. The highest BCUT2D eigenvalue weighted by atomic mass is 16.3. The van der Waals surface area contributed by atoms with Crippen molar-refractivity contribution in [2.75, 3.05) is 6.61 Å². The van der Waals surface area contributed by atoms with Crippen LogP contribution in [0.3, 0.4) is 0 Å². The van der Waals surface area contributed by atoms with Crippen LogP contribution in [0.4, 0.5) is 0 Å². The average Bonchev–Trinajstić information content (AvgIpc) is 2.50. The van der Waals surface area contributed by atoms with Gasteiger partial charge in [-0.15, -0.1) is 0 Å². The van der Waals surface area contributed by atoms with Crippen LogP contribution in [0.15, 0.2) is 6.08 Å². The Labute approximate surface area is 108 Å². The van der Waals surface area contributed by atoms with Crippen molar-refractivity contribution < 1.29 is 9.90 Å². The van der Waals surface area contributed by atoms with Crippen LogP contribution in [-0.2, 0) is 11.8 Å². The van der Waals surface area contributed by atoms with E-state index in [1.165, 1.54) is 6.08 Å². The number of nitrogens with zero attached hydrogens (tertiary/aromatic N) is 2. The first-order valence-electron chi connectivity index (χ1n) is 5.88. The molecular weight excluding hydrogens is 230 g/mol. The van der Waals surface area contributed by atoms with E-state index in [1.54, 1.807) is 24.6 Å². The lowest BCUT2D eigenvalue weighted by atomic mass is 10.1. The summed E-state index contributed by atoms with van der Waals surface area (Å²) >= 11 is 0. The fraction of sp³-hybridized carbons (Fsp3) is 0.538. The number of aromatic nitrogens is 2. The highest BCUT2D eigenvalue weighted by Gasteiger charge is 2.17. The van der Waals surface area contributed by atoms with Crippen molar-refractivity contribution in [2.45, 2.75) is 33.2 Å². The number of carbonyl (C=O) groups is 1. The Morgan fingerprint density at radius 1 is 1.50 bits per heavy atom. The van der Waals surface area contributed by atoms with Gasteiger partial charge < -0.3 is 10.4 Å². The summed E-state index contributed by atoms with van der Waals surface area (Å²) in [4.78, 5) is 11.7. The van der Waals surface area contributed by atoms with Crippen LogP contribution in [0.1, 0.15) is 30.8 Å². The molecule has 2 N–H and O–H groups in total. The molecule has 1 amide bonds. The molecule has 0 aliphatic carbocycles. The fourth-order valence-electron chi connectivity index (χ4n) is 1.60. The summed E-state index contributed by atoms with van der Waals surface area (Å²) in [6, 6.07) is 0. The second kappa shape index (κ2) is 5.35. The molecule has 0 saturated carbocycles. The molecule has 0 saturated heterocycles. The van der Waals surface area contributed by atoms with Gasteiger partial charge in [-0.3, -0.25) is 9.48 Å². The molecule has 1 aromatic heterocycles.